The van der Waals surface area contributed by atoms with Crippen molar-refractivity contribution in [1.29, 1.82) is 0 Å². The Balaban J connectivity index is 1.63. The number of methoxy groups -OCH3 is 2. The molecule has 6 heteroatoms. The standard InChI is InChI=1S/C24H33N3O3/c1-25-24(26-15-18-9-4-5-10-20(18)17-28-2)27-16-19-11-8-14-22(29-3)23(19)30-21-12-6-7-13-21/h4-5,8-11,14,21H,6-7,12-13,15-17H2,1-3H3,(H2,25,26,27). The topological polar surface area (TPSA) is 64.1 Å². The van der Waals surface area contributed by atoms with Gasteiger partial charge in [-0.05, 0) is 42.9 Å². The summed E-state index contributed by atoms with van der Waals surface area (Å²) in [6.07, 6.45) is 4.95. The SMILES string of the molecule is CN=C(NCc1ccccc1COC)NCc1cccc(OC)c1OC1CCCC1. The minimum Gasteiger partial charge on any atom is -0.493 e. The molecule has 0 bridgehead atoms. The maximum Gasteiger partial charge on any atom is 0.191 e. The molecule has 0 unspecified atom stereocenters. The number of ether oxygens (including phenoxy) is 3. The van der Waals surface area contributed by atoms with E-state index in [1.165, 1.54) is 24.0 Å². The van der Waals surface area contributed by atoms with Gasteiger partial charge in [0.05, 0.1) is 19.8 Å². The second-order valence-electron chi connectivity index (χ2n) is 7.45. The van der Waals surface area contributed by atoms with Gasteiger partial charge >= 0.3 is 0 Å². The van der Waals surface area contributed by atoms with Crippen molar-refractivity contribution >= 4 is 5.96 Å². The number of benzene rings is 2. The van der Waals surface area contributed by atoms with Gasteiger partial charge in [0.25, 0.3) is 0 Å². The van der Waals surface area contributed by atoms with Crippen LogP contribution in [0, 0.1) is 0 Å². The van der Waals surface area contributed by atoms with Crippen molar-refractivity contribution in [2.75, 3.05) is 21.3 Å². The lowest BCUT2D eigenvalue weighted by Gasteiger charge is -2.20. The molecule has 1 saturated carbocycles. The minimum atomic E-state index is 0.273. The smallest absolute Gasteiger partial charge is 0.191 e. The number of nitrogens with zero attached hydrogens (tertiary/aromatic N) is 1. The van der Waals surface area contributed by atoms with Gasteiger partial charge in [-0.3, -0.25) is 4.99 Å². The summed E-state index contributed by atoms with van der Waals surface area (Å²) < 4.78 is 17.2. The molecule has 3 rings (SSSR count). The van der Waals surface area contributed by atoms with Gasteiger partial charge in [-0.25, -0.2) is 0 Å². The van der Waals surface area contributed by atoms with Gasteiger partial charge in [-0.2, -0.15) is 0 Å². The first kappa shape index (κ1) is 22.0. The predicted octanol–water partition coefficient (Wildman–Crippen LogP) is 4.03. The molecule has 162 valence electrons. The number of guanidine groups is 1. The first-order chi connectivity index (χ1) is 14.7. The highest BCUT2D eigenvalue weighted by Crippen LogP contribution is 2.34. The van der Waals surface area contributed by atoms with Crippen LogP contribution in [0.1, 0.15) is 42.4 Å². The van der Waals surface area contributed by atoms with Gasteiger partial charge in [0.2, 0.25) is 0 Å². The van der Waals surface area contributed by atoms with Crippen LogP contribution in [0.4, 0.5) is 0 Å². The fraction of sp³-hybridized carbons (Fsp3) is 0.458. The quantitative estimate of drug-likeness (QED) is 0.482. The third kappa shape index (κ3) is 5.89. The maximum atomic E-state index is 6.33. The zero-order valence-corrected chi connectivity index (χ0v) is 18.2. The van der Waals surface area contributed by atoms with E-state index in [1.54, 1.807) is 21.3 Å². The Kier molecular flexibility index (Phi) is 8.39. The van der Waals surface area contributed by atoms with Crippen molar-refractivity contribution in [3.63, 3.8) is 0 Å². The molecule has 0 radical (unpaired) electrons. The zero-order chi connectivity index (χ0) is 21.2. The van der Waals surface area contributed by atoms with Crippen molar-refractivity contribution in [2.24, 2.45) is 4.99 Å². The summed E-state index contributed by atoms with van der Waals surface area (Å²) in [7, 11) is 5.17. The molecule has 0 spiro atoms. The van der Waals surface area contributed by atoms with Crippen LogP contribution in [0.3, 0.4) is 0 Å². The molecule has 1 fully saturated rings. The lowest BCUT2D eigenvalue weighted by Crippen LogP contribution is -2.36. The second kappa shape index (κ2) is 11.5. The summed E-state index contributed by atoms with van der Waals surface area (Å²) in [6, 6.07) is 14.3. The lowest BCUT2D eigenvalue weighted by molar-refractivity contribution is 0.184. The molecule has 0 amide bonds. The molecule has 0 heterocycles. The van der Waals surface area contributed by atoms with Crippen molar-refractivity contribution in [3.8, 4) is 11.5 Å². The highest BCUT2D eigenvalue weighted by molar-refractivity contribution is 5.79. The molecule has 1 aliphatic carbocycles. The van der Waals surface area contributed by atoms with E-state index in [2.05, 4.69) is 33.8 Å². The number of aliphatic imine (C=N–C) groups is 1. The van der Waals surface area contributed by atoms with Crippen molar-refractivity contribution < 1.29 is 14.2 Å². The summed E-state index contributed by atoms with van der Waals surface area (Å²) in [5.41, 5.74) is 3.42. The lowest BCUT2D eigenvalue weighted by atomic mass is 10.1. The van der Waals surface area contributed by atoms with Crippen molar-refractivity contribution in [3.05, 3.63) is 59.2 Å². The molecule has 0 atom stereocenters. The van der Waals surface area contributed by atoms with Crippen LogP contribution in [0.15, 0.2) is 47.5 Å². The van der Waals surface area contributed by atoms with Gasteiger partial charge in [0, 0.05) is 32.8 Å². The maximum absolute atomic E-state index is 6.33. The van der Waals surface area contributed by atoms with Crippen LogP contribution in [0.2, 0.25) is 0 Å². The van der Waals surface area contributed by atoms with Gasteiger partial charge in [-0.1, -0.05) is 36.4 Å². The molecule has 0 aromatic heterocycles. The molecule has 2 aromatic carbocycles. The Morgan fingerprint density at radius 2 is 1.60 bits per heavy atom. The summed E-state index contributed by atoms with van der Waals surface area (Å²) in [5, 5.41) is 6.78. The summed E-state index contributed by atoms with van der Waals surface area (Å²) in [4.78, 5) is 4.36. The monoisotopic (exact) mass is 411 g/mol. The average Bonchev–Trinajstić information content (AvgIpc) is 3.29. The molecule has 0 aliphatic heterocycles. The van der Waals surface area contributed by atoms with E-state index in [4.69, 9.17) is 14.2 Å². The Labute approximate surface area is 179 Å². The number of hydrogen-bond donors (Lipinski definition) is 2. The highest BCUT2D eigenvalue weighted by atomic mass is 16.5. The van der Waals surface area contributed by atoms with Crippen molar-refractivity contribution in [2.45, 2.75) is 51.5 Å². The zero-order valence-electron chi connectivity index (χ0n) is 18.2. The average molecular weight is 412 g/mol. The third-order valence-electron chi connectivity index (χ3n) is 5.40. The van der Waals surface area contributed by atoms with Crippen LogP contribution in [0.5, 0.6) is 11.5 Å². The van der Waals surface area contributed by atoms with E-state index in [1.807, 2.05) is 24.3 Å². The van der Waals surface area contributed by atoms with Gasteiger partial charge in [0.15, 0.2) is 17.5 Å². The van der Waals surface area contributed by atoms with E-state index < -0.39 is 0 Å². The van der Waals surface area contributed by atoms with E-state index >= 15 is 0 Å². The van der Waals surface area contributed by atoms with Gasteiger partial charge < -0.3 is 24.8 Å². The molecule has 2 aromatic rings. The van der Waals surface area contributed by atoms with E-state index in [-0.39, 0.29) is 6.10 Å². The number of nitrogens with one attached hydrogen (secondary N) is 2. The Morgan fingerprint density at radius 3 is 2.27 bits per heavy atom. The predicted molar refractivity (Wildman–Crippen MR) is 120 cm³/mol. The summed E-state index contributed by atoms with van der Waals surface area (Å²) in [6.45, 7) is 1.86. The molecule has 30 heavy (non-hydrogen) atoms. The number of rotatable bonds is 9. The van der Waals surface area contributed by atoms with Gasteiger partial charge in [-0.15, -0.1) is 0 Å². The highest BCUT2D eigenvalue weighted by Gasteiger charge is 2.20. The van der Waals surface area contributed by atoms with E-state index in [0.717, 1.165) is 35.9 Å². The van der Waals surface area contributed by atoms with E-state index in [0.29, 0.717) is 19.7 Å². The largest absolute Gasteiger partial charge is 0.493 e. The molecule has 2 N–H and O–H groups in total. The van der Waals surface area contributed by atoms with Crippen LogP contribution >= 0.6 is 0 Å². The van der Waals surface area contributed by atoms with Crippen LogP contribution < -0.4 is 20.1 Å². The number of hydrogen-bond acceptors (Lipinski definition) is 4. The van der Waals surface area contributed by atoms with E-state index in [9.17, 15) is 0 Å². The Bertz CT molecular complexity index is 832. The minimum absolute atomic E-state index is 0.273. The van der Waals surface area contributed by atoms with Crippen LogP contribution in [-0.4, -0.2) is 33.3 Å². The molecule has 6 nitrogen and oxygen atoms in total. The normalized spacial score (nSPS) is 14.6. The fourth-order valence-corrected chi connectivity index (χ4v) is 3.77. The first-order valence-electron chi connectivity index (χ1n) is 10.6. The first-order valence-corrected chi connectivity index (χ1v) is 10.6. The molecule has 0 saturated heterocycles. The second-order valence-corrected chi connectivity index (χ2v) is 7.45. The Morgan fingerprint density at radius 1 is 0.933 bits per heavy atom. The fourth-order valence-electron chi connectivity index (χ4n) is 3.77. The number of para-hydroxylation sites is 1. The molecular formula is C24H33N3O3. The van der Waals surface area contributed by atoms with Crippen LogP contribution in [-0.2, 0) is 24.4 Å². The van der Waals surface area contributed by atoms with Gasteiger partial charge in [0.1, 0.15) is 0 Å². The van der Waals surface area contributed by atoms with Crippen molar-refractivity contribution in [1.82, 2.24) is 10.6 Å². The summed E-state index contributed by atoms with van der Waals surface area (Å²) in [5.74, 6) is 2.34. The molecular weight excluding hydrogens is 378 g/mol. The Hall–Kier alpha value is -2.73. The van der Waals surface area contributed by atoms with Crippen LogP contribution in [0.25, 0.3) is 0 Å². The third-order valence-corrected chi connectivity index (χ3v) is 5.40. The molecule has 1 aliphatic rings. The summed E-state index contributed by atoms with van der Waals surface area (Å²) >= 11 is 0.